The van der Waals surface area contributed by atoms with Gasteiger partial charge in [-0.25, -0.2) is 0 Å². The van der Waals surface area contributed by atoms with E-state index in [1.807, 2.05) is 30.3 Å². The first-order valence-electron chi connectivity index (χ1n) is 5.95. The van der Waals surface area contributed by atoms with Crippen molar-refractivity contribution >= 4 is 17.3 Å². The van der Waals surface area contributed by atoms with E-state index in [1.165, 1.54) is 11.1 Å². The molecular weight excluding hydrogens is 246 g/mol. The van der Waals surface area contributed by atoms with Gasteiger partial charge in [-0.3, -0.25) is 0 Å². The average molecular weight is 260 g/mol. The van der Waals surface area contributed by atoms with Crippen LogP contribution in [-0.2, 0) is 6.54 Å². The maximum Gasteiger partial charge on any atom is 0.161 e. The molecule has 1 heterocycles. The normalized spacial score (nSPS) is 14.0. The van der Waals surface area contributed by atoms with Gasteiger partial charge in [0.05, 0.1) is 0 Å². The lowest BCUT2D eigenvalue weighted by molar-refractivity contribution is 0.289. The van der Waals surface area contributed by atoms with E-state index in [-0.39, 0.29) is 0 Å². The van der Waals surface area contributed by atoms with Gasteiger partial charge in [-0.15, -0.1) is 0 Å². The van der Waals surface area contributed by atoms with Crippen LogP contribution in [0.3, 0.4) is 0 Å². The van der Waals surface area contributed by atoms with Crippen LogP contribution in [0.4, 0.5) is 5.69 Å². The number of anilines is 1. The van der Waals surface area contributed by atoms with Gasteiger partial charge >= 0.3 is 0 Å². The zero-order valence-electron chi connectivity index (χ0n) is 10.2. The lowest BCUT2D eigenvalue weighted by Crippen LogP contribution is -2.31. The Morgan fingerprint density at radius 1 is 1.11 bits per heavy atom. The van der Waals surface area contributed by atoms with Gasteiger partial charge in [0.1, 0.15) is 5.75 Å². The van der Waals surface area contributed by atoms with Gasteiger partial charge in [0, 0.05) is 22.8 Å². The molecule has 2 nitrogen and oxygen atoms in total. The van der Waals surface area contributed by atoms with Crippen molar-refractivity contribution in [2.45, 2.75) is 13.5 Å². The number of aryl methyl sites for hydroxylation is 1. The van der Waals surface area contributed by atoms with Crippen LogP contribution >= 0.6 is 11.6 Å². The number of hydrogen-bond acceptors (Lipinski definition) is 2. The highest BCUT2D eigenvalue weighted by molar-refractivity contribution is 6.30. The average Bonchev–Trinajstić information content (AvgIpc) is 2.38. The van der Waals surface area contributed by atoms with E-state index in [0.29, 0.717) is 6.73 Å². The van der Waals surface area contributed by atoms with Crippen LogP contribution in [0.5, 0.6) is 5.75 Å². The summed E-state index contributed by atoms with van der Waals surface area (Å²) in [5.41, 5.74) is 3.62. The summed E-state index contributed by atoms with van der Waals surface area (Å²) >= 11 is 5.90. The molecule has 0 amide bonds. The molecule has 0 fully saturated rings. The summed E-state index contributed by atoms with van der Waals surface area (Å²) in [5.74, 6) is 0.991. The second-order valence-electron chi connectivity index (χ2n) is 4.56. The Labute approximate surface area is 112 Å². The van der Waals surface area contributed by atoms with Crippen molar-refractivity contribution in [1.29, 1.82) is 0 Å². The van der Waals surface area contributed by atoms with Crippen LogP contribution in [-0.4, -0.2) is 6.73 Å². The monoisotopic (exact) mass is 259 g/mol. The molecule has 0 spiro atoms. The Kier molecular flexibility index (Phi) is 2.88. The Hall–Kier alpha value is -1.67. The molecule has 0 bridgehead atoms. The summed E-state index contributed by atoms with van der Waals surface area (Å²) in [7, 11) is 0. The van der Waals surface area contributed by atoms with E-state index in [4.69, 9.17) is 16.3 Å². The van der Waals surface area contributed by atoms with Crippen LogP contribution in [0.1, 0.15) is 11.1 Å². The minimum absolute atomic E-state index is 0.581. The van der Waals surface area contributed by atoms with Crippen LogP contribution in [0.2, 0.25) is 5.02 Å². The fourth-order valence-corrected chi connectivity index (χ4v) is 2.32. The first-order valence-corrected chi connectivity index (χ1v) is 6.33. The van der Waals surface area contributed by atoms with Crippen LogP contribution in [0.25, 0.3) is 0 Å². The molecule has 3 rings (SSSR count). The van der Waals surface area contributed by atoms with Gasteiger partial charge in [0.25, 0.3) is 0 Å². The fourth-order valence-electron chi connectivity index (χ4n) is 2.19. The number of nitrogens with zero attached hydrogens (tertiary/aromatic N) is 1. The summed E-state index contributed by atoms with van der Waals surface area (Å²) in [6.45, 7) is 3.55. The van der Waals surface area contributed by atoms with Crippen molar-refractivity contribution in [3.8, 4) is 5.75 Å². The first-order chi connectivity index (χ1) is 8.72. The largest absolute Gasteiger partial charge is 0.473 e. The Morgan fingerprint density at radius 2 is 1.89 bits per heavy atom. The van der Waals surface area contributed by atoms with E-state index < -0.39 is 0 Å². The predicted octanol–water partition coefficient (Wildman–Crippen LogP) is 4.00. The highest BCUT2D eigenvalue weighted by Gasteiger charge is 2.17. The van der Waals surface area contributed by atoms with Crippen molar-refractivity contribution in [1.82, 2.24) is 0 Å². The van der Waals surface area contributed by atoms with Gasteiger partial charge in [-0.1, -0.05) is 29.3 Å². The minimum Gasteiger partial charge on any atom is -0.473 e. The van der Waals surface area contributed by atoms with Crippen molar-refractivity contribution in [2.75, 3.05) is 11.6 Å². The SMILES string of the molecule is Cc1ccc2c(c1)CN(c1ccc(Cl)cc1)CO2. The zero-order chi connectivity index (χ0) is 12.5. The van der Waals surface area contributed by atoms with Gasteiger partial charge in [-0.05, 0) is 37.3 Å². The molecule has 0 aromatic heterocycles. The number of halogens is 1. The molecule has 2 aromatic carbocycles. The molecule has 92 valence electrons. The number of rotatable bonds is 1. The van der Waals surface area contributed by atoms with E-state index in [2.05, 4.69) is 24.0 Å². The number of fused-ring (bicyclic) bond motifs is 1. The third-order valence-corrected chi connectivity index (χ3v) is 3.40. The highest BCUT2D eigenvalue weighted by Crippen LogP contribution is 2.29. The molecule has 0 saturated heterocycles. The van der Waals surface area contributed by atoms with E-state index in [1.54, 1.807) is 0 Å². The van der Waals surface area contributed by atoms with Gasteiger partial charge in [0.15, 0.2) is 6.73 Å². The van der Waals surface area contributed by atoms with E-state index in [0.717, 1.165) is 23.0 Å². The molecule has 0 unspecified atom stereocenters. The Balaban J connectivity index is 1.88. The smallest absolute Gasteiger partial charge is 0.161 e. The Morgan fingerprint density at radius 3 is 2.67 bits per heavy atom. The summed E-state index contributed by atoms with van der Waals surface area (Å²) in [4.78, 5) is 2.19. The topological polar surface area (TPSA) is 12.5 Å². The first kappa shape index (κ1) is 11.4. The molecule has 0 N–H and O–H groups in total. The standard InChI is InChI=1S/C15H14ClNO/c1-11-2-7-15-12(8-11)9-17(10-18-15)14-5-3-13(16)4-6-14/h2-8H,9-10H2,1H3. The molecule has 0 aliphatic carbocycles. The minimum atomic E-state index is 0.581. The molecular formula is C15H14ClNO. The van der Waals surface area contributed by atoms with Gasteiger partial charge in [-0.2, -0.15) is 0 Å². The maximum absolute atomic E-state index is 5.90. The second kappa shape index (κ2) is 4.54. The van der Waals surface area contributed by atoms with E-state index >= 15 is 0 Å². The number of benzene rings is 2. The second-order valence-corrected chi connectivity index (χ2v) is 5.00. The number of hydrogen-bond donors (Lipinski definition) is 0. The number of ether oxygens (including phenoxy) is 1. The lowest BCUT2D eigenvalue weighted by Gasteiger charge is -2.31. The van der Waals surface area contributed by atoms with Gasteiger partial charge < -0.3 is 9.64 Å². The maximum atomic E-state index is 5.90. The van der Waals surface area contributed by atoms with Crippen LogP contribution < -0.4 is 9.64 Å². The molecule has 3 heteroatoms. The van der Waals surface area contributed by atoms with E-state index in [9.17, 15) is 0 Å². The molecule has 2 aromatic rings. The van der Waals surface area contributed by atoms with Crippen molar-refractivity contribution in [2.24, 2.45) is 0 Å². The molecule has 18 heavy (non-hydrogen) atoms. The molecule has 0 radical (unpaired) electrons. The predicted molar refractivity (Wildman–Crippen MR) is 74.3 cm³/mol. The quantitative estimate of drug-likeness (QED) is 0.767. The fraction of sp³-hybridized carbons (Fsp3) is 0.200. The summed E-state index contributed by atoms with van der Waals surface area (Å²) in [6, 6.07) is 14.2. The third-order valence-electron chi connectivity index (χ3n) is 3.14. The molecule has 1 aliphatic heterocycles. The molecule has 0 saturated carbocycles. The lowest BCUT2D eigenvalue weighted by atomic mass is 10.1. The summed E-state index contributed by atoms with van der Waals surface area (Å²) in [6.07, 6.45) is 0. The van der Waals surface area contributed by atoms with Crippen LogP contribution in [0, 0.1) is 6.92 Å². The summed E-state index contributed by atoms with van der Waals surface area (Å²) in [5, 5.41) is 0.757. The third kappa shape index (κ3) is 2.16. The van der Waals surface area contributed by atoms with Gasteiger partial charge in [0.2, 0.25) is 0 Å². The highest BCUT2D eigenvalue weighted by atomic mass is 35.5. The zero-order valence-corrected chi connectivity index (χ0v) is 10.9. The summed E-state index contributed by atoms with van der Waals surface area (Å²) < 4.78 is 5.77. The van der Waals surface area contributed by atoms with Crippen molar-refractivity contribution in [3.63, 3.8) is 0 Å². The Bertz CT molecular complexity index is 565. The van der Waals surface area contributed by atoms with Crippen LogP contribution in [0.15, 0.2) is 42.5 Å². The van der Waals surface area contributed by atoms with Crippen molar-refractivity contribution in [3.05, 3.63) is 58.6 Å². The molecule has 1 aliphatic rings. The molecule has 0 atom stereocenters. The van der Waals surface area contributed by atoms with Crippen molar-refractivity contribution < 1.29 is 4.74 Å².